The van der Waals surface area contributed by atoms with E-state index in [1.807, 2.05) is 11.8 Å². The number of aromatic nitrogens is 5. The van der Waals surface area contributed by atoms with Crippen molar-refractivity contribution < 1.29 is 17.6 Å². The lowest BCUT2D eigenvalue weighted by Gasteiger charge is -2.40. The van der Waals surface area contributed by atoms with Crippen LogP contribution in [-0.2, 0) is 21.7 Å². The van der Waals surface area contributed by atoms with Gasteiger partial charge in [-0.25, -0.2) is 27.2 Å². The molecule has 0 spiro atoms. The molecule has 0 bridgehead atoms. The SMILES string of the molecule is C=CC(=O)N1CCN(c2nc(=O)n(-c3c(C4CC4)cccc3S(C)(=O)=O)c3nc(-c4c(N)cnn4C)c(F)cc23)[C@@H](C)C1. The number of nitrogens with zero attached hydrogens (tertiary/aromatic N) is 7. The molecule has 4 aromatic rings. The number of nitrogens with two attached hydrogens (primary N) is 1. The van der Waals surface area contributed by atoms with Gasteiger partial charge in [-0.05, 0) is 49.5 Å². The van der Waals surface area contributed by atoms with Crippen molar-refractivity contribution in [3.05, 3.63) is 65.0 Å². The number of carbonyl (C=O) groups is 1. The molecule has 14 heteroatoms. The number of amides is 1. The van der Waals surface area contributed by atoms with Gasteiger partial charge in [-0.1, -0.05) is 18.7 Å². The van der Waals surface area contributed by atoms with E-state index in [-0.39, 0.29) is 62.4 Å². The minimum absolute atomic E-state index is 0.0294. The molecule has 1 atom stereocenters. The van der Waals surface area contributed by atoms with E-state index in [2.05, 4.69) is 21.6 Å². The minimum atomic E-state index is -3.81. The average molecular weight is 607 g/mol. The number of benzene rings is 1. The zero-order chi connectivity index (χ0) is 30.8. The largest absolute Gasteiger partial charge is 0.396 e. The molecule has 43 heavy (non-hydrogen) atoms. The highest BCUT2D eigenvalue weighted by molar-refractivity contribution is 7.90. The van der Waals surface area contributed by atoms with E-state index in [1.54, 1.807) is 24.1 Å². The van der Waals surface area contributed by atoms with Gasteiger partial charge in [-0.15, -0.1) is 0 Å². The first-order chi connectivity index (χ1) is 20.4. The Bertz CT molecular complexity index is 1960. The first-order valence-corrected chi connectivity index (χ1v) is 15.7. The van der Waals surface area contributed by atoms with Crippen LogP contribution in [-0.4, -0.2) is 75.5 Å². The van der Waals surface area contributed by atoms with E-state index < -0.39 is 21.3 Å². The van der Waals surface area contributed by atoms with Crippen LogP contribution in [0, 0.1) is 5.82 Å². The van der Waals surface area contributed by atoms with Gasteiger partial charge in [0.1, 0.15) is 17.2 Å². The van der Waals surface area contributed by atoms with Gasteiger partial charge in [0.05, 0.1) is 27.9 Å². The molecule has 2 aliphatic rings. The fourth-order valence-electron chi connectivity index (χ4n) is 5.84. The Balaban J connectivity index is 1.68. The summed E-state index contributed by atoms with van der Waals surface area (Å²) in [5, 5.41) is 4.32. The Kier molecular flexibility index (Phi) is 6.83. The Morgan fingerprint density at radius 3 is 2.56 bits per heavy atom. The van der Waals surface area contributed by atoms with Gasteiger partial charge in [-0.3, -0.25) is 9.48 Å². The molecule has 4 heterocycles. The number of rotatable bonds is 6. The number of anilines is 2. The van der Waals surface area contributed by atoms with Crippen LogP contribution >= 0.6 is 0 Å². The third-order valence-corrected chi connectivity index (χ3v) is 9.18. The summed E-state index contributed by atoms with van der Waals surface area (Å²) in [6.45, 7) is 6.42. The van der Waals surface area contributed by atoms with Gasteiger partial charge in [0.2, 0.25) is 5.91 Å². The van der Waals surface area contributed by atoms with Crippen molar-refractivity contribution in [1.82, 2.24) is 29.2 Å². The van der Waals surface area contributed by atoms with Crippen LogP contribution in [0.4, 0.5) is 15.9 Å². The number of halogens is 1. The van der Waals surface area contributed by atoms with Crippen LogP contribution in [0.3, 0.4) is 0 Å². The van der Waals surface area contributed by atoms with Gasteiger partial charge in [0.25, 0.3) is 0 Å². The lowest BCUT2D eigenvalue weighted by molar-refractivity contribution is -0.126. The van der Waals surface area contributed by atoms with Crippen molar-refractivity contribution in [2.24, 2.45) is 7.05 Å². The second-order valence-corrected chi connectivity index (χ2v) is 13.1. The molecule has 1 aliphatic heterocycles. The molecule has 3 aromatic heterocycles. The van der Waals surface area contributed by atoms with Crippen LogP contribution in [0.15, 0.2) is 52.8 Å². The predicted molar refractivity (Wildman–Crippen MR) is 160 cm³/mol. The lowest BCUT2D eigenvalue weighted by Crippen LogP contribution is -2.54. The number of carbonyl (C=O) groups excluding carboxylic acids is 1. The number of sulfone groups is 1. The molecule has 1 amide bonds. The monoisotopic (exact) mass is 606 g/mol. The molecule has 2 fully saturated rings. The zero-order valence-electron chi connectivity index (χ0n) is 24.0. The van der Waals surface area contributed by atoms with Crippen molar-refractivity contribution in [1.29, 1.82) is 0 Å². The number of nitrogen functional groups attached to an aromatic ring is 1. The molecule has 1 saturated carbocycles. The molecule has 1 aliphatic carbocycles. The van der Waals surface area contributed by atoms with E-state index in [0.29, 0.717) is 25.2 Å². The Morgan fingerprint density at radius 1 is 1.21 bits per heavy atom. The quantitative estimate of drug-likeness (QED) is 0.327. The summed E-state index contributed by atoms with van der Waals surface area (Å²) in [4.78, 5) is 38.9. The van der Waals surface area contributed by atoms with Crippen molar-refractivity contribution in [3.8, 4) is 17.1 Å². The highest BCUT2D eigenvalue weighted by Crippen LogP contribution is 2.45. The smallest absolute Gasteiger partial charge is 0.355 e. The van der Waals surface area contributed by atoms with E-state index in [4.69, 9.17) is 5.73 Å². The lowest BCUT2D eigenvalue weighted by atomic mass is 10.1. The summed E-state index contributed by atoms with van der Waals surface area (Å²) in [5.74, 6) is -0.685. The molecule has 12 nitrogen and oxygen atoms in total. The third-order valence-electron chi connectivity index (χ3n) is 8.05. The summed E-state index contributed by atoms with van der Waals surface area (Å²) in [5.41, 5.74) is 6.49. The molecule has 6 rings (SSSR count). The maximum Gasteiger partial charge on any atom is 0.355 e. The maximum atomic E-state index is 16.0. The zero-order valence-corrected chi connectivity index (χ0v) is 24.8. The van der Waals surface area contributed by atoms with Gasteiger partial charge in [0, 0.05) is 39.0 Å². The standard InChI is InChI=1S/C29H31FN8O4S/c1-5-23(39)36-11-12-37(16(2)15-36)27-19-13-20(30)24(26-21(31)14-32-35(26)3)33-28(19)38(29(40)34-27)25-18(17-9-10-17)7-6-8-22(25)43(4,41)42/h5-8,13-14,16-17H,1,9-12,15,31H2,2-4H3/t16-/m0/s1. The fraction of sp³-hybridized carbons (Fsp3) is 0.345. The third kappa shape index (κ3) is 4.84. The molecule has 0 unspecified atom stereocenters. The van der Waals surface area contributed by atoms with Crippen molar-refractivity contribution in [2.45, 2.75) is 36.6 Å². The maximum absolute atomic E-state index is 16.0. The molecule has 2 N–H and O–H groups in total. The normalized spacial score (nSPS) is 17.4. The number of hydrogen-bond acceptors (Lipinski definition) is 9. The van der Waals surface area contributed by atoms with Gasteiger partial charge < -0.3 is 15.5 Å². The number of hydrogen-bond donors (Lipinski definition) is 1. The van der Waals surface area contributed by atoms with E-state index in [0.717, 1.165) is 19.1 Å². The van der Waals surface area contributed by atoms with E-state index in [9.17, 15) is 18.0 Å². The molecule has 1 aromatic carbocycles. The van der Waals surface area contributed by atoms with Gasteiger partial charge in [-0.2, -0.15) is 10.1 Å². The predicted octanol–water partition coefficient (Wildman–Crippen LogP) is 2.41. The van der Waals surface area contributed by atoms with Crippen molar-refractivity contribution in [3.63, 3.8) is 0 Å². The molecular weight excluding hydrogens is 575 g/mol. The summed E-state index contributed by atoms with van der Waals surface area (Å²) in [6.07, 6.45) is 5.38. The van der Waals surface area contributed by atoms with Crippen LogP contribution in [0.1, 0.15) is 31.2 Å². The van der Waals surface area contributed by atoms with Crippen LogP contribution in [0.25, 0.3) is 28.1 Å². The fourth-order valence-corrected chi connectivity index (χ4v) is 6.73. The number of aryl methyl sites for hydroxylation is 1. The highest BCUT2D eigenvalue weighted by atomic mass is 32.2. The molecule has 1 saturated heterocycles. The average Bonchev–Trinajstić information content (AvgIpc) is 3.75. The Hall–Kier alpha value is -4.59. The van der Waals surface area contributed by atoms with Crippen LogP contribution < -0.4 is 16.3 Å². The topological polar surface area (TPSA) is 149 Å². The highest BCUT2D eigenvalue weighted by Gasteiger charge is 2.34. The first kappa shape index (κ1) is 28.5. The van der Waals surface area contributed by atoms with Crippen LogP contribution in [0.2, 0.25) is 0 Å². The second kappa shape index (κ2) is 10.3. The summed E-state index contributed by atoms with van der Waals surface area (Å²) < 4.78 is 44.6. The van der Waals surface area contributed by atoms with Crippen molar-refractivity contribution in [2.75, 3.05) is 36.5 Å². The number of pyridine rings is 1. The molecule has 0 radical (unpaired) electrons. The van der Waals surface area contributed by atoms with Crippen LogP contribution in [0.5, 0.6) is 0 Å². The Morgan fingerprint density at radius 2 is 1.95 bits per heavy atom. The first-order valence-electron chi connectivity index (χ1n) is 13.8. The second-order valence-electron chi connectivity index (χ2n) is 11.1. The van der Waals surface area contributed by atoms with Gasteiger partial charge in [0.15, 0.2) is 21.3 Å². The Labute approximate surface area is 247 Å². The van der Waals surface area contributed by atoms with Gasteiger partial charge >= 0.3 is 5.69 Å². The number of fused-ring (bicyclic) bond motifs is 1. The summed E-state index contributed by atoms with van der Waals surface area (Å²) >= 11 is 0. The summed E-state index contributed by atoms with van der Waals surface area (Å²) in [6, 6.07) is 5.86. The minimum Gasteiger partial charge on any atom is -0.396 e. The number of para-hydroxylation sites is 1. The van der Waals surface area contributed by atoms with E-state index in [1.165, 1.54) is 33.7 Å². The van der Waals surface area contributed by atoms with Crippen molar-refractivity contribution >= 4 is 38.3 Å². The molecular formula is C29H31FN8O4S. The number of piperazine rings is 1. The van der Waals surface area contributed by atoms with E-state index >= 15 is 4.39 Å². The molecule has 224 valence electrons. The summed E-state index contributed by atoms with van der Waals surface area (Å²) in [7, 11) is -2.21.